The Morgan fingerprint density at radius 3 is 2.22 bits per heavy atom. The third kappa shape index (κ3) is 6.87. The van der Waals surface area contributed by atoms with Gasteiger partial charge in [0, 0.05) is 25.9 Å². The number of ether oxygens (including phenoxy) is 2. The largest absolute Gasteiger partial charge is 0.486 e. The van der Waals surface area contributed by atoms with E-state index in [2.05, 4.69) is 5.32 Å². The minimum Gasteiger partial charge on any atom is -0.486 e. The topological polar surface area (TPSA) is 67.9 Å². The fourth-order valence-electron chi connectivity index (χ4n) is 4.34. The molecular formula is C30H34N2O4. The number of nitrogens with one attached hydrogen (secondary N) is 1. The minimum atomic E-state index is -0.605. The molecule has 188 valence electrons. The van der Waals surface area contributed by atoms with Gasteiger partial charge in [-0.25, -0.2) is 0 Å². The summed E-state index contributed by atoms with van der Waals surface area (Å²) in [4.78, 5) is 28.8. The zero-order valence-corrected chi connectivity index (χ0v) is 20.8. The summed E-state index contributed by atoms with van der Waals surface area (Å²) in [6.45, 7) is 4.04. The van der Waals surface area contributed by atoms with E-state index < -0.39 is 6.04 Å². The van der Waals surface area contributed by atoms with E-state index in [1.54, 1.807) is 4.90 Å². The number of hydrogen-bond acceptors (Lipinski definition) is 4. The Balaban J connectivity index is 1.56. The van der Waals surface area contributed by atoms with Crippen LogP contribution >= 0.6 is 0 Å². The molecule has 6 nitrogen and oxygen atoms in total. The van der Waals surface area contributed by atoms with Crippen LogP contribution in [-0.2, 0) is 29.0 Å². The van der Waals surface area contributed by atoms with Gasteiger partial charge in [-0.1, -0.05) is 73.7 Å². The third-order valence-electron chi connectivity index (χ3n) is 6.25. The van der Waals surface area contributed by atoms with Crippen molar-refractivity contribution in [2.75, 3.05) is 19.8 Å². The summed E-state index contributed by atoms with van der Waals surface area (Å²) in [6, 6.07) is 24.9. The van der Waals surface area contributed by atoms with Gasteiger partial charge < -0.3 is 19.7 Å². The van der Waals surface area contributed by atoms with Crippen LogP contribution in [-0.4, -0.2) is 42.5 Å². The molecule has 0 aliphatic carbocycles. The number of fused-ring (bicyclic) bond motifs is 1. The van der Waals surface area contributed by atoms with Gasteiger partial charge in [0.2, 0.25) is 11.8 Å². The molecule has 3 aromatic carbocycles. The first-order chi connectivity index (χ1) is 17.6. The minimum absolute atomic E-state index is 0.0543. The molecule has 0 bridgehead atoms. The molecule has 3 aromatic rings. The SMILES string of the molecule is CCCNC(=O)[C@H](Cc1ccccc1)N(Cc1ccccc1)C(=O)CCc1ccc2c(c1)OCCO2. The van der Waals surface area contributed by atoms with E-state index in [1.165, 1.54) is 0 Å². The monoisotopic (exact) mass is 486 g/mol. The van der Waals surface area contributed by atoms with Crippen LogP contribution in [0.3, 0.4) is 0 Å². The van der Waals surface area contributed by atoms with Crippen LogP contribution in [0.1, 0.15) is 36.5 Å². The van der Waals surface area contributed by atoms with E-state index in [0.717, 1.165) is 28.9 Å². The second-order valence-corrected chi connectivity index (χ2v) is 8.98. The molecule has 4 rings (SSSR count). The Bertz CT molecular complexity index is 1130. The maximum absolute atomic E-state index is 13.7. The van der Waals surface area contributed by atoms with Gasteiger partial charge in [-0.3, -0.25) is 9.59 Å². The van der Waals surface area contributed by atoms with Crippen LogP contribution in [0, 0.1) is 0 Å². The molecule has 1 heterocycles. The predicted molar refractivity (Wildman–Crippen MR) is 140 cm³/mol. The van der Waals surface area contributed by atoms with Crippen molar-refractivity contribution in [1.82, 2.24) is 10.2 Å². The van der Waals surface area contributed by atoms with Gasteiger partial charge in [-0.05, 0) is 41.7 Å². The van der Waals surface area contributed by atoms with E-state index in [-0.39, 0.29) is 11.8 Å². The molecule has 0 unspecified atom stereocenters. The zero-order valence-electron chi connectivity index (χ0n) is 20.8. The molecule has 0 radical (unpaired) electrons. The highest BCUT2D eigenvalue weighted by molar-refractivity contribution is 5.88. The Kier molecular flexibility index (Phi) is 8.98. The van der Waals surface area contributed by atoms with E-state index in [9.17, 15) is 9.59 Å². The highest BCUT2D eigenvalue weighted by Crippen LogP contribution is 2.31. The predicted octanol–water partition coefficient (Wildman–Crippen LogP) is 4.56. The molecule has 0 fully saturated rings. The molecule has 0 spiro atoms. The van der Waals surface area contributed by atoms with Crippen molar-refractivity contribution >= 4 is 11.8 Å². The lowest BCUT2D eigenvalue weighted by molar-refractivity contribution is -0.141. The summed E-state index contributed by atoms with van der Waals surface area (Å²) in [5.74, 6) is 1.27. The summed E-state index contributed by atoms with van der Waals surface area (Å²) < 4.78 is 11.3. The average molecular weight is 487 g/mol. The van der Waals surface area contributed by atoms with Gasteiger partial charge >= 0.3 is 0 Å². The number of aryl methyl sites for hydroxylation is 1. The van der Waals surface area contributed by atoms with E-state index in [0.29, 0.717) is 51.3 Å². The van der Waals surface area contributed by atoms with Gasteiger partial charge in [0.15, 0.2) is 11.5 Å². The van der Waals surface area contributed by atoms with E-state index in [4.69, 9.17) is 9.47 Å². The zero-order chi connectivity index (χ0) is 25.2. The number of rotatable bonds is 11. The summed E-state index contributed by atoms with van der Waals surface area (Å²) in [6.07, 6.45) is 2.13. The van der Waals surface area contributed by atoms with Gasteiger partial charge in [-0.15, -0.1) is 0 Å². The van der Waals surface area contributed by atoms with Crippen molar-refractivity contribution in [3.8, 4) is 11.5 Å². The Labute approximate surface area is 213 Å². The highest BCUT2D eigenvalue weighted by atomic mass is 16.6. The van der Waals surface area contributed by atoms with Gasteiger partial charge in [0.1, 0.15) is 19.3 Å². The molecule has 0 aromatic heterocycles. The highest BCUT2D eigenvalue weighted by Gasteiger charge is 2.30. The first kappa shape index (κ1) is 25.3. The molecule has 1 atom stereocenters. The Morgan fingerprint density at radius 2 is 1.53 bits per heavy atom. The van der Waals surface area contributed by atoms with Crippen molar-refractivity contribution in [1.29, 1.82) is 0 Å². The summed E-state index contributed by atoms with van der Waals surface area (Å²) in [5.41, 5.74) is 3.01. The van der Waals surface area contributed by atoms with Crippen molar-refractivity contribution in [3.63, 3.8) is 0 Å². The third-order valence-corrected chi connectivity index (χ3v) is 6.25. The molecule has 36 heavy (non-hydrogen) atoms. The fraction of sp³-hybridized carbons (Fsp3) is 0.333. The molecular weight excluding hydrogens is 452 g/mol. The Morgan fingerprint density at radius 1 is 0.861 bits per heavy atom. The van der Waals surface area contributed by atoms with Crippen LogP contribution in [0.5, 0.6) is 11.5 Å². The van der Waals surface area contributed by atoms with Crippen LogP contribution in [0.2, 0.25) is 0 Å². The smallest absolute Gasteiger partial charge is 0.243 e. The summed E-state index contributed by atoms with van der Waals surface area (Å²) in [7, 11) is 0. The van der Waals surface area contributed by atoms with Crippen molar-refractivity contribution in [2.45, 2.75) is 45.2 Å². The molecule has 1 aliphatic heterocycles. The van der Waals surface area contributed by atoms with Crippen molar-refractivity contribution in [3.05, 3.63) is 95.6 Å². The number of carbonyl (C=O) groups is 2. The van der Waals surface area contributed by atoms with Crippen LogP contribution < -0.4 is 14.8 Å². The molecule has 0 saturated carbocycles. The second kappa shape index (κ2) is 12.8. The van der Waals surface area contributed by atoms with E-state index in [1.807, 2.05) is 85.8 Å². The lowest BCUT2D eigenvalue weighted by Gasteiger charge is -2.31. The standard InChI is InChI=1S/C30H34N2O4/c1-2-17-31-30(34)26(20-23-9-5-3-6-10-23)32(22-25-11-7-4-8-12-25)29(33)16-14-24-13-15-27-28(21-24)36-19-18-35-27/h3-13,15,21,26H,2,14,16-20,22H2,1H3,(H,31,34)/t26-/m0/s1. The quantitative estimate of drug-likeness (QED) is 0.432. The number of nitrogens with zero attached hydrogens (tertiary/aromatic N) is 1. The number of benzene rings is 3. The molecule has 1 aliphatic rings. The summed E-state index contributed by atoms with van der Waals surface area (Å²) >= 11 is 0. The van der Waals surface area contributed by atoms with Crippen molar-refractivity contribution < 1.29 is 19.1 Å². The van der Waals surface area contributed by atoms with Gasteiger partial charge in [-0.2, -0.15) is 0 Å². The normalized spacial score (nSPS) is 13.0. The maximum atomic E-state index is 13.7. The fourth-order valence-corrected chi connectivity index (χ4v) is 4.34. The van der Waals surface area contributed by atoms with E-state index >= 15 is 0 Å². The van der Waals surface area contributed by atoms with Crippen LogP contribution in [0.15, 0.2) is 78.9 Å². The Hall–Kier alpha value is -3.80. The molecule has 0 saturated heterocycles. The number of hydrogen-bond donors (Lipinski definition) is 1. The first-order valence-corrected chi connectivity index (χ1v) is 12.7. The van der Waals surface area contributed by atoms with Crippen LogP contribution in [0.4, 0.5) is 0 Å². The molecule has 6 heteroatoms. The lowest BCUT2D eigenvalue weighted by Crippen LogP contribution is -2.50. The first-order valence-electron chi connectivity index (χ1n) is 12.7. The molecule has 1 N–H and O–H groups in total. The number of carbonyl (C=O) groups excluding carboxylic acids is 2. The van der Waals surface area contributed by atoms with Crippen molar-refractivity contribution in [2.24, 2.45) is 0 Å². The van der Waals surface area contributed by atoms with Crippen LogP contribution in [0.25, 0.3) is 0 Å². The maximum Gasteiger partial charge on any atom is 0.243 e. The second-order valence-electron chi connectivity index (χ2n) is 8.98. The van der Waals surface area contributed by atoms with Gasteiger partial charge in [0.25, 0.3) is 0 Å². The lowest BCUT2D eigenvalue weighted by atomic mass is 10.0. The molecule has 2 amide bonds. The van der Waals surface area contributed by atoms with Gasteiger partial charge in [0.05, 0.1) is 0 Å². The average Bonchev–Trinajstić information content (AvgIpc) is 2.93. The number of amides is 2. The summed E-state index contributed by atoms with van der Waals surface area (Å²) in [5, 5.41) is 3.02.